The maximum absolute atomic E-state index is 14.7. The van der Waals surface area contributed by atoms with Gasteiger partial charge in [0.15, 0.2) is 0 Å². The molecule has 2 aliphatic heterocycles. The van der Waals surface area contributed by atoms with E-state index >= 15 is 0 Å². The highest BCUT2D eigenvalue weighted by atomic mass is 16.3. The van der Waals surface area contributed by atoms with Gasteiger partial charge in [-0.25, -0.2) is 15.0 Å². The van der Waals surface area contributed by atoms with E-state index in [-0.39, 0.29) is 29.6 Å². The van der Waals surface area contributed by atoms with Gasteiger partial charge in [-0.15, -0.1) is 6.58 Å². The average Bonchev–Trinajstić information content (AvgIpc) is 3.41. The number of aryl methyl sites for hydroxylation is 1. The minimum atomic E-state index is -0.592. The number of imidazole rings is 1. The Labute approximate surface area is 264 Å². The first-order valence-electron chi connectivity index (χ1n) is 15.7. The van der Waals surface area contributed by atoms with Crippen LogP contribution in [0.1, 0.15) is 37.0 Å². The Balaban J connectivity index is 1.42. The van der Waals surface area contributed by atoms with Crippen LogP contribution >= 0.6 is 0 Å². The van der Waals surface area contributed by atoms with Gasteiger partial charge < -0.3 is 19.5 Å². The van der Waals surface area contributed by atoms with Gasteiger partial charge in [-0.2, -0.15) is 0 Å². The summed E-state index contributed by atoms with van der Waals surface area (Å²) < 4.78 is 1.99. The maximum atomic E-state index is 14.7. The van der Waals surface area contributed by atoms with Gasteiger partial charge in [0.1, 0.15) is 24.0 Å². The highest BCUT2D eigenvalue weighted by Gasteiger charge is 2.53. The SMILES string of the molecule is C=CCN1C(Cc2ccc(O)cc2)C(=O)N2[C@@H](CC(C)C)C(=O)N(Cc3cccc4c3ncn4C)C[C@@H]2N1Cc1ccccc1. The predicted octanol–water partition coefficient (Wildman–Crippen LogP) is 4.72. The van der Waals surface area contributed by atoms with Crippen molar-refractivity contribution in [2.45, 2.75) is 58.0 Å². The molecule has 3 aromatic carbocycles. The van der Waals surface area contributed by atoms with Crippen LogP contribution in [0.15, 0.2) is 91.8 Å². The highest BCUT2D eigenvalue weighted by Crippen LogP contribution is 2.35. The monoisotopic (exact) mass is 606 g/mol. The highest BCUT2D eigenvalue weighted by molar-refractivity contribution is 5.92. The maximum Gasteiger partial charge on any atom is 0.245 e. The molecule has 2 aliphatic rings. The van der Waals surface area contributed by atoms with E-state index < -0.39 is 12.1 Å². The molecule has 0 saturated carbocycles. The molecular weight excluding hydrogens is 564 g/mol. The molecule has 45 heavy (non-hydrogen) atoms. The van der Waals surface area contributed by atoms with E-state index in [2.05, 4.69) is 47.6 Å². The number of hydrogen-bond donors (Lipinski definition) is 1. The van der Waals surface area contributed by atoms with Gasteiger partial charge in [0.25, 0.3) is 0 Å². The van der Waals surface area contributed by atoms with Crippen LogP contribution in [0.5, 0.6) is 5.75 Å². The summed E-state index contributed by atoms with van der Waals surface area (Å²) in [6, 6.07) is 22.2. The van der Waals surface area contributed by atoms with Crippen LogP contribution in [-0.2, 0) is 36.1 Å². The van der Waals surface area contributed by atoms with Crippen molar-refractivity contribution in [3.8, 4) is 5.75 Å². The van der Waals surface area contributed by atoms with Crippen molar-refractivity contribution >= 4 is 22.8 Å². The van der Waals surface area contributed by atoms with Crippen LogP contribution in [0.25, 0.3) is 11.0 Å². The molecule has 9 nitrogen and oxygen atoms in total. The number of phenols is 1. The summed E-state index contributed by atoms with van der Waals surface area (Å²) in [6.07, 6.45) is 4.29. The number of piperazine rings is 1. The normalized spacial score (nSPS) is 21.1. The molecule has 234 valence electrons. The van der Waals surface area contributed by atoms with Gasteiger partial charge in [0, 0.05) is 26.7 Å². The molecule has 0 spiro atoms. The van der Waals surface area contributed by atoms with Gasteiger partial charge in [0.05, 0.1) is 23.9 Å². The molecule has 2 amide bonds. The Kier molecular flexibility index (Phi) is 8.74. The molecule has 0 aliphatic carbocycles. The van der Waals surface area contributed by atoms with Gasteiger partial charge in [-0.1, -0.05) is 74.5 Å². The molecule has 2 saturated heterocycles. The molecule has 4 aromatic rings. The van der Waals surface area contributed by atoms with Crippen molar-refractivity contribution in [2.24, 2.45) is 13.0 Å². The number of carbonyl (C=O) groups is 2. The number of nitrogens with zero attached hydrogens (tertiary/aromatic N) is 6. The fraction of sp³-hybridized carbons (Fsp3) is 0.361. The van der Waals surface area contributed by atoms with Crippen LogP contribution in [0, 0.1) is 5.92 Å². The Hall–Kier alpha value is -4.47. The smallest absolute Gasteiger partial charge is 0.245 e. The molecule has 9 heteroatoms. The third-order valence-electron chi connectivity index (χ3n) is 8.97. The number of hydrogen-bond acceptors (Lipinski definition) is 6. The van der Waals surface area contributed by atoms with Crippen molar-refractivity contribution in [3.05, 3.63) is 108 Å². The van der Waals surface area contributed by atoms with Crippen LogP contribution in [0.3, 0.4) is 0 Å². The van der Waals surface area contributed by atoms with E-state index in [9.17, 15) is 14.7 Å². The summed E-state index contributed by atoms with van der Waals surface area (Å²) in [4.78, 5) is 37.6. The van der Waals surface area contributed by atoms with Crippen molar-refractivity contribution in [3.63, 3.8) is 0 Å². The number of aromatic nitrogens is 2. The van der Waals surface area contributed by atoms with Crippen molar-refractivity contribution in [1.82, 2.24) is 29.4 Å². The molecule has 3 atom stereocenters. The van der Waals surface area contributed by atoms with Crippen molar-refractivity contribution in [2.75, 3.05) is 13.1 Å². The first-order valence-corrected chi connectivity index (χ1v) is 15.7. The van der Waals surface area contributed by atoms with E-state index in [1.807, 2.05) is 76.0 Å². The number of rotatable bonds is 10. The third-order valence-corrected chi connectivity index (χ3v) is 8.97. The first kappa shape index (κ1) is 30.6. The van der Waals surface area contributed by atoms with Crippen LogP contribution in [0.4, 0.5) is 0 Å². The summed E-state index contributed by atoms with van der Waals surface area (Å²) in [7, 11) is 1.97. The van der Waals surface area contributed by atoms with E-state index in [0.717, 1.165) is 27.7 Å². The molecule has 6 rings (SSSR count). The van der Waals surface area contributed by atoms with E-state index in [0.29, 0.717) is 39.0 Å². The van der Waals surface area contributed by atoms with Crippen molar-refractivity contribution in [1.29, 1.82) is 0 Å². The Bertz CT molecular complexity index is 1670. The van der Waals surface area contributed by atoms with Crippen LogP contribution in [0.2, 0.25) is 0 Å². The standard InChI is InChI=1S/C36H42N6O3/c1-5-18-40-31(20-26-14-16-29(43)17-15-26)36(45)42-32(19-25(2)3)35(44)39(22-28-12-9-13-30-34(28)37-24-38(30)4)23-33(42)41(40)21-27-10-7-6-8-11-27/h5-17,24-25,31-33,43H,1,18-23H2,2-4H3/t31?,32-,33+/m0/s1. The zero-order valence-corrected chi connectivity index (χ0v) is 26.3. The molecule has 3 heterocycles. The first-order chi connectivity index (χ1) is 21.7. The lowest BCUT2D eigenvalue weighted by Gasteiger charge is -2.58. The second-order valence-corrected chi connectivity index (χ2v) is 12.6. The van der Waals surface area contributed by atoms with E-state index in [4.69, 9.17) is 0 Å². The average molecular weight is 607 g/mol. The largest absolute Gasteiger partial charge is 0.508 e. The third kappa shape index (κ3) is 6.10. The summed E-state index contributed by atoms with van der Waals surface area (Å²) in [6.45, 7) is 10.1. The van der Waals surface area contributed by atoms with Gasteiger partial charge >= 0.3 is 0 Å². The lowest BCUT2D eigenvalue weighted by molar-refractivity contribution is -0.218. The minimum Gasteiger partial charge on any atom is -0.508 e. The number of para-hydroxylation sites is 1. The molecule has 1 aromatic heterocycles. The Morgan fingerprint density at radius 1 is 0.911 bits per heavy atom. The van der Waals surface area contributed by atoms with E-state index in [1.54, 1.807) is 18.5 Å². The number of phenolic OH excluding ortho intramolecular Hbond substituents is 1. The molecule has 0 radical (unpaired) electrons. The summed E-state index contributed by atoms with van der Waals surface area (Å²) in [5.74, 6) is 0.310. The van der Waals surface area contributed by atoms with Gasteiger partial charge in [-0.3, -0.25) is 9.59 Å². The topological polar surface area (TPSA) is 85.1 Å². The Morgan fingerprint density at radius 3 is 2.38 bits per heavy atom. The van der Waals surface area contributed by atoms with Gasteiger partial charge in [-0.05, 0) is 53.6 Å². The summed E-state index contributed by atoms with van der Waals surface area (Å²) >= 11 is 0. The second kappa shape index (κ2) is 12.9. The molecule has 1 unspecified atom stereocenters. The summed E-state index contributed by atoms with van der Waals surface area (Å²) in [5, 5.41) is 14.3. The quantitative estimate of drug-likeness (QED) is 0.263. The fourth-order valence-electron chi connectivity index (χ4n) is 6.83. The lowest BCUT2D eigenvalue weighted by atomic mass is 9.93. The minimum absolute atomic E-state index is 0.0264. The molecule has 0 bridgehead atoms. The molecule has 1 N–H and O–H groups in total. The second-order valence-electron chi connectivity index (χ2n) is 12.6. The van der Waals surface area contributed by atoms with E-state index in [1.165, 1.54) is 0 Å². The fourth-order valence-corrected chi connectivity index (χ4v) is 6.83. The van der Waals surface area contributed by atoms with Crippen LogP contribution in [-0.4, -0.2) is 77.6 Å². The molecule has 2 fully saturated rings. The zero-order valence-electron chi connectivity index (χ0n) is 26.3. The lowest BCUT2D eigenvalue weighted by Crippen LogP contribution is -2.77. The predicted molar refractivity (Wildman–Crippen MR) is 174 cm³/mol. The van der Waals surface area contributed by atoms with Crippen LogP contribution < -0.4 is 0 Å². The number of benzene rings is 3. The number of carbonyl (C=O) groups excluding carboxylic acids is 2. The number of fused-ring (bicyclic) bond motifs is 2. The van der Waals surface area contributed by atoms with Crippen molar-refractivity contribution < 1.29 is 14.7 Å². The molecular formula is C36H42N6O3. The zero-order chi connectivity index (χ0) is 31.7. The number of aromatic hydroxyl groups is 1. The number of amides is 2. The van der Waals surface area contributed by atoms with Gasteiger partial charge in [0.2, 0.25) is 11.8 Å². The summed E-state index contributed by atoms with van der Waals surface area (Å²) in [5.41, 5.74) is 4.95. The number of hydrazine groups is 1. The Morgan fingerprint density at radius 2 is 1.67 bits per heavy atom.